The van der Waals surface area contributed by atoms with Crippen LogP contribution in [0.1, 0.15) is 40.6 Å². The molecule has 28 heavy (non-hydrogen) atoms. The molecule has 0 bridgehead atoms. The van der Waals surface area contributed by atoms with Crippen LogP contribution in [0.3, 0.4) is 0 Å². The zero-order valence-corrected chi connectivity index (χ0v) is 16.3. The van der Waals surface area contributed by atoms with Gasteiger partial charge >= 0.3 is 0 Å². The summed E-state index contributed by atoms with van der Waals surface area (Å²) >= 11 is 0. The first-order valence-electron chi connectivity index (χ1n) is 9.65. The first kappa shape index (κ1) is 18.2. The Morgan fingerprint density at radius 1 is 1.04 bits per heavy atom. The van der Waals surface area contributed by atoms with Crippen molar-refractivity contribution >= 4 is 5.91 Å². The lowest BCUT2D eigenvalue weighted by Gasteiger charge is -2.25. The van der Waals surface area contributed by atoms with Crippen molar-refractivity contribution in [1.29, 1.82) is 0 Å². The van der Waals surface area contributed by atoms with Crippen LogP contribution in [0.25, 0.3) is 11.1 Å². The minimum absolute atomic E-state index is 0.000985. The van der Waals surface area contributed by atoms with Crippen LogP contribution in [0.5, 0.6) is 5.75 Å². The second-order valence-electron chi connectivity index (χ2n) is 7.18. The Kier molecular flexibility index (Phi) is 5.11. The summed E-state index contributed by atoms with van der Waals surface area (Å²) in [6, 6.07) is 21.9. The molecule has 1 saturated heterocycles. The van der Waals surface area contributed by atoms with Gasteiger partial charge in [-0.15, -0.1) is 0 Å². The second kappa shape index (κ2) is 7.85. The fourth-order valence-electron chi connectivity index (χ4n) is 3.90. The van der Waals surface area contributed by atoms with E-state index < -0.39 is 0 Å². The number of carbonyl (C=O) groups excluding carboxylic acids is 1. The van der Waals surface area contributed by atoms with Crippen LogP contribution >= 0.6 is 0 Å². The normalized spacial score (nSPS) is 16.2. The molecule has 4 heteroatoms. The Bertz CT molecular complexity index is 985. The van der Waals surface area contributed by atoms with Crippen LogP contribution in [0, 0.1) is 6.92 Å². The molecule has 0 N–H and O–H groups in total. The van der Waals surface area contributed by atoms with E-state index in [0.29, 0.717) is 11.3 Å². The molecule has 1 aliphatic rings. The second-order valence-corrected chi connectivity index (χ2v) is 7.18. The summed E-state index contributed by atoms with van der Waals surface area (Å²) in [5.41, 5.74) is 4.90. The summed E-state index contributed by atoms with van der Waals surface area (Å²) in [7, 11) is 1.62. The lowest BCUT2D eigenvalue weighted by Crippen LogP contribution is -2.31. The third kappa shape index (κ3) is 3.63. The smallest absolute Gasteiger partial charge is 0.254 e. The number of amides is 1. The van der Waals surface area contributed by atoms with Crippen LogP contribution in [0.15, 0.2) is 66.7 Å². The van der Waals surface area contributed by atoms with Gasteiger partial charge in [-0.1, -0.05) is 36.4 Å². The van der Waals surface area contributed by atoms with E-state index in [0.717, 1.165) is 41.9 Å². The van der Waals surface area contributed by atoms with Crippen LogP contribution in [-0.2, 0) is 0 Å². The summed E-state index contributed by atoms with van der Waals surface area (Å²) in [4.78, 5) is 19.9. The first-order valence-corrected chi connectivity index (χ1v) is 9.65. The predicted octanol–water partition coefficient (Wildman–Crippen LogP) is 5.04. The highest BCUT2D eigenvalue weighted by molar-refractivity contribution is 5.95. The molecule has 2 aromatic carbocycles. The highest BCUT2D eigenvalue weighted by Crippen LogP contribution is 2.34. The molecule has 2 heterocycles. The fraction of sp³-hybridized carbons (Fsp3) is 0.250. The molecule has 142 valence electrons. The minimum atomic E-state index is 0.000985. The number of ether oxygens (including phenoxy) is 1. The van der Waals surface area contributed by atoms with Gasteiger partial charge in [-0.05, 0) is 61.2 Å². The van der Waals surface area contributed by atoms with Crippen molar-refractivity contribution in [2.24, 2.45) is 0 Å². The molecule has 1 atom stereocenters. The van der Waals surface area contributed by atoms with Crippen molar-refractivity contribution in [3.63, 3.8) is 0 Å². The van der Waals surface area contributed by atoms with E-state index in [1.54, 1.807) is 13.2 Å². The standard InChI is InChI=1S/C24H24N2O2/c1-17-14-20(18-8-4-3-5-9-18)16-22(25-17)23-12-7-13-26(23)24(27)19-10-6-11-21(15-19)28-2/h3-6,8-11,14-16,23H,7,12-13H2,1-2H3/t23-/m0/s1. The van der Waals surface area contributed by atoms with Crippen LogP contribution in [0.4, 0.5) is 0 Å². The molecule has 0 saturated carbocycles. The minimum Gasteiger partial charge on any atom is -0.497 e. The van der Waals surface area contributed by atoms with Gasteiger partial charge in [-0.2, -0.15) is 0 Å². The average Bonchev–Trinajstić information content (AvgIpc) is 3.23. The van der Waals surface area contributed by atoms with E-state index in [2.05, 4.69) is 24.3 Å². The number of carbonyl (C=O) groups is 1. The number of aryl methyl sites for hydroxylation is 1. The Labute approximate surface area is 165 Å². The summed E-state index contributed by atoms with van der Waals surface area (Å²) in [5, 5.41) is 0. The molecule has 1 aromatic heterocycles. The SMILES string of the molecule is COc1cccc(C(=O)N2CCC[C@H]2c2cc(-c3ccccc3)cc(C)n2)c1. The molecular formula is C24H24N2O2. The molecule has 0 aliphatic carbocycles. The summed E-state index contributed by atoms with van der Waals surface area (Å²) in [6.45, 7) is 2.76. The molecule has 1 aliphatic heterocycles. The van der Waals surface area contributed by atoms with Gasteiger partial charge in [0, 0.05) is 17.8 Å². The van der Waals surface area contributed by atoms with Gasteiger partial charge in [-0.3, -0.25) is 9.78 Å². The zero-order chi connectivity index (χ0) is 19.5. The molecule has 1 amide bonds. The number of benzene rings is 2. The number of nitrogens with zero attached hydrogens (tertiary/aromatic N) is 2. The van der Waals surface area contributed by atoms with Gasteiger partial charge in [0.15, 0.2) is 0 Å². The molecule has 0 spiro atoms. The Morgan fingerprint density at radius 2 is 1.86 bits per heavy atom. The topological polar surface area (TPSA) is 42.4 Å². The summed E-state index contributed by atoms with van der Waals surface area (Å²) in [6.07, 6.45) is 1.91. The lowest BCUT2D eigenvalue weighted by molar-refractivity contribution is 0.0732. The Hall–Kier alpha value is -3.14. The molecule has 0 unspecified atom stereocenters. The van der Waals surface area contributed by atoms with Gasteiger partial charge in [0.2, 0.25) is 0 Å². The Morgan fingerprint density at radius 3 is 2.64 bits per heavy atom. The maximum absolute atomic E-state index is 13.2. The maximum Gasteiger partial charge on any atom is 0.254 e. The van der Waals surface area contributed by atoms with Gasteiger partial charge < -0.3 is 9.64 Å². The number of aromatic nitrogens is 1. The quantitative estimate of drug-likeness (QED) is 0.644. The zero-order valence-electron chi connectivity index (χ0n) is 16.3. The van der Waals surface area contributed by atoms with Gasteiger partial charge in [0.25, 0.3) is 5.91 Å². The summed E-state index contributed by atoms with van der Waals surface area (Å²) < 4.78 is 5.28. The van der Waals surface area contributed by atoms with Crippen molar-refractivity contribution < 1.29 is 9.53 Å². The lowest BCUT2D eigenvalue weighted by atomic mass is 10.0. The van der Waals surface area contributed by atoms with E-state index in [9.17, 15) is 4.79 Å². The summed E-state index contributed by atoms with van der Waals surface area (Å²) in [5.74, 6) is 0.729. The van der Waals surface area contributed by atoms with E-state index in [-0.39, 0.29) is 11.9 Å². The van der Waals surface area contributed by atoms with Gasteiger partial charge in [0.1, 0.15) is 5.75 Å². The van der Waals surface area contributed by atoms with Crippen LogP contribution < -0.4 is 4.74 Å². The van der Waals surface area contributed by atoms with Crippen molar-refractivity contribution in [1.82, 2.24) is 9.88 Å². The van der Waals surface area contributed by atoms with E-state index >= 15 is 0 Å². The number of rotatable bonds is 4. The van der Waals surface area contributed by atoms with Crippen molar-refractivity contribution in [2.45, 2.75) is 25.8 Å². The van der Waals surface area contributed by atoms with E-state index in [4.69, 9.17) is 9.72 Å². The van der Waals surface area contributed by atoms with Crippen molar-refractivity contribution in [3.05, 3.63) is 83.7 Å². The molecule has 4 nitrogen and oxygen atoms in total. The highest BCUT2D eigenvalue weighted by Gasteiger charge is 2.32. The number of pyridine rings is 1. The van der Waals surface area contributed by atoms with Crippen LogP contribution in [-0.4, -0.2) is 29.4 Å². The van der Waals surface area contributed by atoms with Gasteiger partial charge in [-0.25, -0.2) is 0 Å². The third-order valence-corrected chi connectivity index (χ3v) is 5.25. The highest BCUT2D eigenvalue weighted by atomic mass is 16.5. The van der Waals surface area contributed by atoms with Gasteiger partial charge in [0.05, 0.1) is 18.8 Å². The fourth-order valence-corrected chi connectivity index (χ4v) is 3.90. The molecular weight excluding hydrogens is 348 g/mol. The number of methoxy groups -OCH3 is 1. The van der Waals surface area contributed by atoms with Crippen molar-refractivity contribution in [3.8, 4) is 16.9 Å². The molecule has 4 rings (SSSR count). The van der Waals surface area contributed by atoms with Crippen molar-refractivity contribution in [2.75, 3.05) is 13.7 Å². The number of hydrogen-bond donors (Lipinski definition) is 0. The molecule has 1 fully saturated rings. The van der Waals surface area contributed by atoms with E-state index in [1.165, 1.54) is 0 Å². The molecule has 0 radical (unpaired) electrons. The average molecular weight is 372 g/mol. The first-order chi connectivity index (χ1) is 13.7. The Balaban J connectivity index is 1.66. The maximum atomic E-state index is 13.2. The number of hydrogen-bond acceptors (Lipinski definition) is 3. The van der Waals surface area contributed by atoms with E-state index in [1.807, 2.05) is 48.2 Å². The monoisotopic (exact) mass is 372 g/mol. The predicted molar refractivity (Wildman–Crippen MR) is 110 cm³/mol. The third-order valence-electron chi connectivity index (χ3n) is 5.25. The van der Waals surface area contributed by atoms with Crippen LogP contribution in [0.2, 0.25) is 0 Å². The number of likely N-dealkylation sites (tertiary alicyclic amines) is 1. The molecule has 3 aromatic rings. The largest absolute Gasteiger partial charge is 0.497 e.